The Labute approximate surface area is 88.0 Å². The minimum Gasteiger partial charge on any atom is -0.293 e. The van der Waals surface area contributed by atoms with Crippen LogP contribution in [0.25, 0.3) is 0 Å². The van der Waals surface area contributed by atoms with Crippen molar-refractivity contribution in [2.24, 2.45) is 0 Å². The monoisotopic (exact) mass is 210 g/mol. The van der Waals surface area contributed by atoms with E-state index < -0.39 is 0 Å². The number of hydrogen-bond acceptors (Lipinski definition) is 4. The van der Waals surface area contributed by atoms with Gasteiger partial charge in [-0.15, -0.1) is 5.10 Å². The summed E-state index contributed by atoms with van der Waals surface area (Å²) in [6.07, 6.45) is 2.22. The fourth-order valence-corrected chi connectivity index (χ4v) is 1.82. The van der Waals surface area contributed by atoms with Crippen LogP contribution in [0.2, 0.25) is 0 Å². The first-order valence-corrected chi connectivity index (χ1v) is 5.41. The molecule has 0 fully saturated rings. The molecule has 0 bridgehead atoms. The van der Waals surface area contributed by atoms with Crippen molar-refractivity contribution >= 4 is 17.3 Å². The van der Waals surface area contributed by atoms with Crippen molar-refractivity contribution in [3.05, 3.63) is 22.7 Å². The fraction of sp³-hybridized carbons (Fsp3) is 0.500. The molecule has 1 rings (SSSR count). The first-order chi connectivity index (χ1) is 6.65. The highest BCUT2D eigenvalue weighted by atomic mass is 32.1. The number of Topliss-reactive ketones (excluding diaryl/α,β-unsaturated/α-hetero) is 1. The summed E-state index contributed by atoms with van der Waals surface area (Å²) in [5, 5.41) is 3.95. The zero-order valence-corrected chi connectivity index (χ0v) is 9.36. The molecule has 0 saturated carbocycles. The van der Waals surface area contributed by atoms with Gasteiger partial charge >= 0.3 is 0 Å². The lowest BCUT2D eigenvalue weighted by molar-refractivity contribution is 0.0996. The number of carbonyl (C=O) groups is 1. The van der Waals surface area contributed by atoms with Gasteiger partial charge in [-0.3, -0.25) is 4.79 Å². The molecule has 3 nitrogen and oxygen atoms in total. The Morgan fingerprint density at radius 3 is 2.86 bits per heavy atom. The van der Waals surface area contributed by atoms with Crippen LogP contribution in [0.15, 0.2) is 12.2 Å². The third-order valence-corrected chi connectivity index (χ3v) is 2.57. The normalized spacial score (nSPS) is 10.1. The van der Waals surface area contributed by atoms with Gasteiger partial charge in [0.1, 0.15) is 4.88 Å². The molecular weight excluding hydrogens is 196 g/mol. The van der Waals surface area contributed by atoms with E-state index in [0.29, 0.717) is 11.3 Å². The van der Waals surface area contributed by atoms with E-state index in [9.17, 15) is 4.79 Å². The molecule has 0 spiro atoms. The average Bonchev–Trinajstić information content (AvgIpc) is 2.51. The van der Waals surface area contributed by atoms with Gasteiger partial charge in [0.25, 0.3) is 0 Å². The van der Waals surface area contributed by atoms with Crippen molar-refractivity contribution in [3.8, 4) is 0 Å². The van der Waals surface area contributed by atoms with Crippen molar-refractivity contribution in [1.29, 1.82) is 0 Å². The van der Waals surface area contributed by atoms with Crippen molar-refractivity contribution in [3.63, 3.8) is 0 Å². The number of rotatable bonds is 5. The lowest BCUT2D eigenvalue weighted by atomic mass is 10.1. The molecule has 0 unspecified atom stereocenters. The number of ketones is 1. The Morgan fingerprint density at radius 2 is 2.29 bits per heavy atom. The number of aryl methyl sites for hydroxylation is 1. The number of hydrogen-bond donors (Lipinski definition) is 0. The molecule has 1 heterocycles. The quantitative estimate of drug-likeness (QED) is 0.554. The zero-order chi connectivity index (χ0) is 10.6. The molecule has 0 aliphatic rings. The van der Waals surface area contributed by atoms with Gasteiger partial charge < -0.3 is 0 Å². The molecule has 0 saturated heterocycles. The maximum absolute atomic E-state index is 11.7. The van der Waals surface area contributed by atoms with Gasteiger partial charge in [0, 0.05) is 6.42 Å². The molecule has 14 heavy (non-hydrogen) atoms. The van der Waals surface area contributed by atoms with Gasteiger partial charge in [-0.2, -0.15) is 0 Å². The van der Waals surface area contributed by atoms with Crippen LogP contribution < -0.4 is 0 Å². The van der Waals surface area contributed by atoms with Crippen LogP contribution in [0.5, 0.6) is 0 Å². The Morgan fingerprint density at radius 1 is 1.57 bits per heavy atom. The third-order valence-electron chi connectivity index (χ3n) is 1.76. The minimum atomic E-state index is 0.0935. The molecule has 0 radical (unpaired) electrons. The van der Waals surface area contributed by atoms with E-state index in [2.05, 4.69) is 23.1 Å². The third kappa shape index (κ3) is 2.73. The van der Waals surface area contributed by atoms with Crippen molar-refractivity contribution < 1.29 is 4.79 Å². The van der Waals surface area contributed by atoms with E-state index in [0.717, 1.165) is 24.1 Å². The molecular formula is C10H14N2OS. The summed E-state index contributed by atoms with van der Waals surface area (Å²) in [5.41, 5.74) is 1.72. The fourth-order valence-electron chi connectivity index (χ4n) is 1.18. The maximum atomic E-state index is 11.7. The minimum absolute atomic E-state index is 0.0935. The van der Waals surface area contributed by atoms with Crippen molar-refractivity contribution in [2.45, 2.75) is 33.1 Å². The van der Waals surface area contributed by atoms with Gasteiger partial charge in [0.15, 0.2) is 5.78 Å². The van der Waals surface area contributed by atoms with Crippen LogP contribution in [0, 0.1) is 0 Å². The van der Waals surface area contributed by atoms with Crippen LogP contribution >= 0.6 is 11.5 Å². The summed E-state index contributed by atoms with van der Waals surface area (Å²) in [4.78, 5) is 12.4. The van der Waals surface area contributed by atoms with Gasteiger partial charge in [0.2, 0.25) is 0 Å². The molecule has 76 valence electrons. The molecule has 1 aromatic rings. The Balaban J connectivity index is 2.78. The highest BCUT2D eigenvalue weighted by molar-refractivity contribution is 7.08. The summed E-state index contributed by atoms with van der Waals surface area (Å²) >= 11 is 1.19. The molecule has 0 atom stereocenters. The first kappa shape index (κ1) is 11.0. The number of allylic oxidation sites excluding steroid dienone is 1. The zero-order valence-electron chi connectivity index (χ0n) is 8.54. The van der Waals surface area contributed by atoms with Gasteiger partial charge in [-0.1, -0.05) is 30.0 Å². The molecule has 0 aliphatic carbocycles. The summed E-state index contributed by atoms with van der Waals surface area (Å²) in [5.74, 6) is 0.0935. The van der Waals surface area contributed by atoms with Gasteiger partial charge in [-0.05, 0) is 24.9 Å². The summed E-state index contributed by atoms with van der Waals surface area (Å²) in [7, 11) is 0. The number of carbonyl (C=O) groups excluding carboxylic acids is 1. The smallest absolute Gasteiger partial charge is 0.180 e. The number of nitrogens with zero attached hydrogens (tertiary/aromatic N) is 2. The molecule has 1 aromatic heterocycles. The average molecular weight is 210 g/mol. The predicted octanol–water partition coefficient (Wildman–Crippen LogP) is 2.64. The largest absolute Gasteiger partial charge is 0.293 e. The lowest BCUT2D eigenvalue weighted by Crippen LogP contribution is -2.01. The molecule has 0 amide bonds. The Kier molecular flexibility index (Phi) is 3.95. The van der Waals surface area contributed by atoms with Crippen molar-refractivity contribution in [2.75, 3.05) is 0 Å². The van der Waals surface area contributed by atoms with Crippen LogP contribution in [0.3, 0.4) is 0 Å². The second kappa shape index (κ2) is 5.00. The van der Waals surface area contributed by atoms with Gasteiger partial charge in [-0.25, -0.2) is 0 Å². The summed E-state index contributed by atoms with van der Waals surface area (Å²) in [6, 6.07) is 0. The van der Waals surface area contributed by atoms with Crippen molar-refractivity contribution in [1.82, 2.24) is 9.59 Å². The maximum Gasteiger partial charge on any atom is 0.180 e. The molecule has 0 aliphatic heterocycles. The van der Waals surface area contributed by atoms with Crippen LogP contribution in [0.1, 0.15) is 42.1 Å². The second-order valence-corrected chi connectivity index (χ2v) is 4.11. The lowest BCUT2D eigenvalue weighted by Gasteiger charge is -1.98. The van der Waals surface area contributed by atoms with Crippen LogP contribution in [-0.4, -0.2) is 15.4 Å². The highest BCUT2D eigenvalue weighted by Crippen LogP contribution is 2.16. The molecule has 0 N–H and O–H groups in total. The number of aromatic nitrogens is 2. The molecule has 0 aromatic carbocycles. The molecule has 4 heteroatoms. The van der Waals surface area contributed by atoms with Crippen LogP contribution in [0.4, 0.5) is 0 Å². The van der Waals surface area contributed by atoms with E-state index in [4.69, 9.17) is 0 Å². The van der Waals surface area contributed by atoms with E-state index in [-0.39, 0.29) is 5.78 Å². The van der Waals surface area contributed by atoms with Crippen LogP contribution in [-0.2, 0) is 6.42 Å². The second-order valence-electron chi connectivity index (χ2n) is 3.36. The SMILES string of the molecule is C=C(C)CC(=O)c1snnc1CCC. The summed E-state index contributed by atoms with van der Waals surface area (Å²) < 4.78 is 3.81. The first-order valence-electron chi connectivity index (χ1n) is 4.64. The Bertz CT molecular complexity index is 344. The standard InChI is InChI=1S/C10H14N2OS/c1-4-5-8-10(14-12-11-8)9(13)6-7(2)3/h2,4-6H2,1,3H3. The van der Waals surface area contributed by atoms with E-state index >= 15 is 0 Å². The predicted molar refractivity (Wildman–Crippen MR) is 57.7 cm³/mol. The van der Waals surface area contributed by atoms with E-state index in [1.807, 2.05) is 6.92 Å². The van der Waals surface area contributed by atoms with Gasteiger partial charge in [0.05, 0.1) is 5.69 Å². The summed E-state index contributed by atoms with van der Waals surface area (Å²) in [6.45, 7) is 7.64. The topological polar surface area (TPSA) is 42.9 Å². The highest BCUT2D eigenvalue weighted by Gasteiger charge is 2.14. The van der Waals surface area contributed by atoms with E-state index in [1.165, 1.54) is 11.5 Å². The Hall–Kier alpha value is -1.03. The van der Waals surface area contributed by atoms with E-state index in [1.54, 1.807) is 0 Å².